The Kier molecular flexibility index (Phi) is 6.34. The van der Waals surface area contributed by atoms with Gasteiger partial charge in [-0.05, 0) is 38.5 Å². The number of aryl methyl sites for hydroxylation is 2. The predicted octanol–water partition coefficient (Wildman–Crippen LogP) is 5.08. The molecule has 0 unspecified atom stereocenters. The number of nitrogens with zero attached hydrogens (tertiary/aromatic N) is 3. The number of aromatic nitrogens is 3. The van der Waals surface area contributed by atoms with Gasteiger partial charge in [0.15, 0.2) is 11.0 Å². The van der Waals surface area contributed by atoms with Crippen molar-refractivity contribution in [1.29, 1.82) is 0 Å². The fourth-order valence-corrected chi connectivity index (χ4v) is 4.06. The molecule has 27 heavy (non-hydrogen) atoms. The number of rotatable bonds is 6. The number of hydrogen-bond acceptors (Lipinski definition) is 4. The van der Waals surface area contributed by atoms with Crippen LogP contribution in [0.15, 0.2) is 52.1 Å². The molecule has 1 heterocycles. The Morgan fingerprint density at radius 2 is 1.96 bits per heavy atom. The van der Waals surface area contributed by atoms with Gasteiger partial charge in [0.25, 0.3) is 0 Å². The molecule has 0 saturated carbocycles. The molecule has 0 saturated heterocycles. The van der Waals surface area contributed by atoms with Crippen molar-refractivity contribution in [2.75, 3.05) is 11.1 Å². The standard InChI is InChI=1S/C20H21BrN4OS/c1-4-25-19(15-7-5-6-8-16(15)21)23-24-20(25)27-12-18(26)22-17-10-9-13(2)11-14(17)3/h5-11H,4,12H2,1-3H3,(H,22,26). The van der Waals surface area contributed by atoms with E-state index in [0.717, 1.165) is 38.8 Å². The topological polar surface area (TPSA) is 59.8 Å². The molecule has 0 fully saturated rings. The SMILES string of the molecule is CCn1c(SCC(=O)Nc2ccc(C)cc2C)nnc1-c1ccccc1Br. The molecule has 3 rings (SSSR count). The van der Waals surface area contributed by atoms with Crippen LogP contribution in [0.3, 0.4) is 0 Å². The van der Waals surface area contributed by atoms with E-state index < -0.39 is 0 Å². The summed E-state index contributed by atoms with van der Waals surface area (Å²) in [6.07, 6.45) is 0. The van der Waals surface area contributed by atoms with Gasteiger partial charge in [-0.1, -0.05) is 63.6 Å². The van der Waals surface area contributed by atoms with E-state index in [-0.39, 0.29) is 11.7 Å². The fourth-order valence-electron chi connectivity index (χ4n) is 2.79. The molecular formula is C20H21BrN4OS. The minimum atomic E-state index is -0.0555. The molecular weight excluding hydrogens is 424 g/mol. The van der Waals surface area contributed by atoms with Crippen LogP contribution in [0, 0.1) is 13.8 Å². The van der Waals surface area contributed by atoms with Gasteiger partial charge in [-0.2, -0.15) is 0 Å². The maximum absolute atomic E-state index is 12.4. The average Bonchev–Trinajstić information content (AvgIpc) is 3.05. The van der Waals surface area contributed by atoms with Gasteiger partial charge in [0.05, 0.1) is 5.75 Å². The van der Waals surface area contributed by atoms with Gasteiger partial charge in [0, 0.05) is 22.3 Å². The molecule has 0 radical (unpaired) electrons. The molecule has 0 bridgehead atoms. The van der Waals surface area contributed by atoms with Crippen LogP contribution >= 0.6 is 27.7 Å². The van der Waals surface area contributed by atoms with E-state index in [1.165, 1.54) is 17.3 Å². The number of carbonyl (C=O) groups is 1. The van der Waals surface area contributed by atoms with E-state index in [4.69, 9.17) is 0 Å². The number of carbonyl (C=O) groups excluding carboxylic acids is 1. The molecule has 7 heteroatoms. The molecule has 0 aliphatic rings. The van der Waals surface area contributed by atoms with E-state index >= 15 is 0 Å². The molecule has 1 aromatic heterocycles. The molecule has 0 atom stereocenters. The second-order valence-electron chi connectivity index (χ2n) is 6.19. The van der Waals surface area contributed by atoms with E-state index in [9.17, 15) is 4.79 Å². The maximum Gasteiger partial charge on any atom is 0.234 e. The summed E-state index contributed by atoms with van der Waals surface area (Å²) in [7, 11) is 0. The average molecular weight is 445 g/mol. The lowest BCUT2D eigenvalue weighted by molar-refractivity contribution is -0.113. The minimum absolute atomic E-state index is 0.0555. The Labute approximate surface area is 171 Å². The Bertz CT molecular complexity index is 970. The Hall–Kier alpha value is -2.12. The Balaban J connectivity index is 1.71. The summed E-state index contributed by atoms with van der Waals surface area (Å²) in [4.78, 5) is 12.4. The Morgan fingerprint density at radius 3 is 2.67 bits per heavy atom. The van der Waals surface area contributed by atoms with Crippen molar-refractivity contribution in [2.45, 2.75) is 32.5 Å². The van der Waals surface area contributed by atoms with Crippen molar-refractivity contribution in [3.63, 3.8) is 0 Å². The third-order valence-electron chi connectivity index (χ3n) is 4.14. The van der Waals surface area contributed by atoms with Crippen molar-refractivity contribution in [1.82, 2.24) is 14.8 Å². The molecule has 1 N–H and O–H groups in total. The molecule has 2 aromatic carbocycles. The van der Waals surface area contributed by atoms with Gasteiger partial charge >= 0.3 is 0 Å². The van der Waals surface area contributed by atoms with Crippen LogP contribution in [0.2, 0.25) is 0 Å². The lowest BCUT2D eigenvalue weighted by atomic mass is 10.1. The third-order valence-corrected chi connectivity index (χ3v) is 5.79. The molecule has 5 nitrogen and oxygen atoms in total. The van der Waals surface area contributed by atoms with Crippen molar-refractivity contribution in [3.05, 3.63) is 58.1 Å². The predicted molar refractivity (Wildman–Crippen MR) is 114 cm³/mol. The normalized spacial score (nSPS) is 10.8. The molecule has 0 spiro atoms. The number of thioether (sulfide) groups is 1. The number of anilines is 1. The number of halogens is 1. The van der Waals surface area contributed by atoms with Crippen LogP contribution in [0.25, 0.3) is 11.4 Å². The summed E-state index contributed by atoms with van der Waals surface area (Å²) in [6, 6.07) is 13.9. The fraction of sp³-hybridized carbons (Fsp3) is 0.250. The molecule has 140 valence electrons. The van der Waals surface area contributed by atoms with E-state index in [0.29, 0.717) is 0 Å². The van der Waals surface area contributed by atoms with Gasteiger partial charge < -0.3 is 9.88 Å². The van der Waals surface area contributed by atoms with Gasteiger partial charge in [0.1, 0.15) is 0 Å². The van der Waals surface area contributed by atoms with Crippen LogP contribution in [0.1, 0.15) is 18.1 Å². The summed E-state index contributed by atoms with van der Waals surface area (Å²) in [5, 5.41) is 12.3. The van der Waals surface area contributed by atoms with Crippen molar-refractivity contribution >= 4 is 39.3 Å². The number of amides is 1. The largest absolute Gasteiger partial charge is 0.325 e. The van der Waals surface area contributed by atoms with Crippen LogP contribution in [-0.4, -0.2) is 26.4 Å². The van der Waals surface area contributed by atoms with Crippen LogP contribution in [0.5, 0.6) is 0 Å². The number of nitrogens with one attached hydrogen (secondary N) is 1. The van der Waals surface area contributed by atoms with Crippen molar-refractivity contribution in [2.24, 2.45) is 0 Å². The highest BCUT2D eigenvalue weighted by Crippen LogP contribution is 2.29. The molecule has 0 aliphatic heterocycles. The van der Waals surface area contributed by atoms with Gasteiger partial charge in [-0.3, -0.25) is 4.79 Å². The third kappa shape index (κ3) is 4.59. The van der Waals surface area contributed by atoms with Gasteiger partial charge in [-0.25, -0.2) is 0 Å². The summed E-state index contributed by atoms with van der Waals surface area (Å²) < 4.78 is 2.99. The molecule has 3 aromatic rings. The zero-order chi connectivity index (χ0) is 19.4. The first-order chi connectivity index (χ1) is 13.0. The monoisotopic (exact) mass is 444 g/mol. The van der Waals surface area contributed by atoms with E-state index in [1.54, 1.807) is 0 Å². The second kappa shape index (κ2) is 8.71. The van der Waals surface area contributed by atoms with Crippen LogP contribution < -0.4 is 5.32 Å². The Morgan fingerprint density at radius 1 is 1.19 bits per heavy atom. The van der Waals surface area contributed by atoms with Crippen LogP contribution in [-0.2, 0) is 11.3 Å². The number of hydrogen-bond donors (Lipinski definition) is 1. The van der Waals surface area contributed by atoms with Gasteiger partial charge in [0.2, 0.25) is 5.91 Å². The minimum Gasteiger partial charge on any atom is -0.325 e. The van der Waals surface area contributed by atoms with Crippen molar-refractivity contribution in [3.8, 4) is 11.4 Å². The number of benzene rings is 2. The van der Waals surface area contributed by atoms with Crippen molar-refractivity contribution < 1.29 is 4.79 Å². The lowest BCUT2D eigenvalue weighted by Gasteiger charge is -2.10. The second-order valence-corrected chi connectivity index (χ2v) is 7.98. The highest BCUT2D eigenvalue weighted by molar-refractivity contribution is 9.10. The highest BCUT2D eigenvalue weighted by atomic mass is 79.9. The smallest absolute Gasteiger partial charge is 0.234 e. The first kappa shape index (κ1) is 19.6. The van der Waals surface area contributed by atoms with Crippen LogP contribution in [0.4, 0.5) is 5.69 Å². The zero-order valence-corrected chi connectivity index (χ0v) is 17.9. The first-order valence-electron chi connectivity index (χ1n) is 8.67. The summed E-state index contributed by atoms with van der Waals surface area (Å²) in [5.41, 5.74) is 4.06. The van der Waals surface area contributed by atoms with E-state index in [2.05, 4.69) is 37.5 Å². The summed E-state index contributed by atoms with van der Waals surface area (Å²) >= 11 is 4.96. The molecule has 1 amide bonds. The maximum atomic E-state index is 12.4. The quantitative estimate of drug-likeness (QED) is 0.538. The highest BCUT2D eigenvalue weighted by Gasteiger charge is 2.16. The van der Waals surface area contributed by atoms with E-state index in [1.807, 2.05) is 61.7 Å². The lowest BCUT2D eigenvalue weighted by Crippen LogP contribution is -2.15. The first-order valence-corrected chi connectivity index (χ1v) is 10.5. The zero-order valence-electron chi connectivity index (χ0n) is 15.5. The summed E-state index contributed by atoms with van der Waals surface area (Å²) in [6.45, 7) is 6.80. The summed E-state index contributed by atoms with van der Waals surface area (Å²) in [5.74, 6) is 1.02. The molecule has 0 aliphatic carbocycles. The van der Waals surface area contributed by atoms with Gasteiger partial charge in [-0.15, -0.1) is 10.2 Å².